The highest BCUT2D eigenvalue weighted by Crippen LogP contribution is 2.64. The standard InChI is InChI=1S/C47H50N4O8/c1-58-38-20-18-26(23-35(38)53)40-32-15-7-9-21-50(32)47(29-12-4-6-14-31(29)49-45(47)57)43(40)37(55)25-36(54)41-33-16-8-10-22-51(33)46(28-11-3-5-13-30(28)48-44(46)56)42(41)27-17-19-34(52)39(24-27)59-2/h3-6,11-14,17-20,23-25,32-33,36,40-43,52-55H,7-10,15-16,21-22H2,1-2H3,(H,48,56)(H,49,57)/b37-25-. The number of ether oxygens (including phenoxy) is 2. The lowest BCUT2D eigenvalue weighted by Gasteiger charge is -2.41. The van der Waals surface area contributed by atoms with Crippen LogP contribution in [0.1, 0.15) is 72.6 Å². The van der Waals surface area contributed by atoms with Gasteiger partial charge in [0.15, 0.2) is 23.0 Å². The Bertz CT molecular complexity index is 2390. The van der Waals surface area contributed by atoms with Gasteiger partial charge in [0.2, 0.25) is 11.8 Å². The Kier molecular flexibility index (Phi) is 8.97. The Morgan fingerprint density at radius 2 is 1.32 bits per heavy atom. The summed E-state index contributed by atoms with van der Waals surface area (Å²) in [4.78, 5) is 34.2. The zero-order valence-electron chi connectivity index (χ0n) is 33.2. The van der Waals surface area contributed by atoms with Crippen LogP contribution in [-0.4, -0.2) is 87.5 Å². The third kappa shape index (κ3) is 5.18. The Labute approximate surface area is 343 Å². The lowest BCUT2D eigenvalue weighted by atomic mass is 9.68. The summed E-state index contributed by atoms with van der Waals surface area (Å²) < 4.78 is 11.0. The molecule has 306 valence electrons. The second-order valence-electron chi connectivity index (χ2n) is 17.0. The van der Waals surface area contributed by atoms with Gasteiger partial charge in [-0.25, -0.2) is 0 Å². The number of amides is 2. The fourth-order valence-corrected chi connectivity index (χ4v) is 12.5. The molecule has 6 aliphatic rings. The van der Waals surface area contributed by atoms with Crippen LogP contribution in [0.2, 0.25) is 0 Å². The molecule has 4 aromatic rings. The molecule has 4 saturated heterocycles. The van der Waals surface area contributed by atoms with Gasteiger partial charge in [-0.3, -0.25) is 19.4 Å². The maximum absolute atomic E-state index is 14.8. The third-order valence-corrected chi connectivity index (χ3v) is 14.6. The summed E-state index contributed by atoms with van der Waals surface area (Å²) in [7, 11) is 2.98. The fraction of sp³-hybridized carbons (Fsp3) is 0.404. The zero-order chi connectivity index (χ0) is 40.8. The van der Waals surface area contributed by atoms with Gasteiger partial charge < -0.3 is 40.5 Å². The highest BCUT2D eigenvalue weighted by atomic mass is 16.5. The maximum Gasteiger partial charge on any atom is 0.250 e. The van der Waals surface area contributed by atoms with Crippen molar-refractivity contribution in [2.24, 2.45) is 11.8 Å². The molecule has 2 spiro atoms. The predicted octanol–water partition coefficient (Wildman–Crippen LogP) is 6.45. The summed E-state index contributed by atoms with van der Waals surface area (Å²) in [5, 5.41) is 54.2. The SMILES string of the molecule is COc1ccc(C2C3CCCCN3C3(C(=O)Nc4ccccc43)C2/C(O)=C/C(O)C2C3CCCCN3C3(C(=O)Nc4ccccc43)C2c2ccc(O)c(OC)c2)cc1O. The second kappa shape index (κ2) is 14.0. The first-order valence-electron chi connectivity index (χ1n) is 20.8. The molecule has 59 heavy (non-hydrogen) atoms. The van der Waals surface area contributed by atoms with Crippen molar-refractivity contribution in [1.82, 2.24) is 9.80 Å². The number of nitrogens with zero attached hydrogens (tertiary/aromatic N) is 2. The average Bonchev–Trinajstić information content (AvgIpc) is 3.94. The number of carbonyl (C=O) groups excluding carboxylic acids is 2. The molecule has 12 nitrogen and oxygen atoms in total. The van der Waals surface area contributed by atoms with E-state index in [9.17, 15) is 30.0 Å². The number of anilines is 2. The van der Waals surface area contributed by atoms with Crippen molar-refractivity contribution in [1.29, 1.82) is 0 Å². The topological polar surface area (TPSA) is 164 Å². The molecule has 6 aliphatic heterocycles. The fourth-order valence-electron chi connectivity index (χ4n) is 12.5. The number of methoxy groups -OCH3 is 2. The Morgan fingerprint density at radius 3 is 1.98 bits per heavy atom. The lowest BCUT2D eigenvalue weighted by molar-refractivity contribution is -0.130. The number of nitrogens with one attached hydrogen (secondary N) is 2. The number of para-hydroxylation sites is 2. The summed E-state index contributed by atoms with van der Waals surface area (Å²) in [6, 6.07) is 25.3. The van der Waals surface area contributed by atoms with E-state index in [1.807, 2.05) is 54.6 Å². The van der Waals surface area contributed by atoms with E-state index in [1.54, 1.807) is 30.3 Å². The van der Waals surface area contributed by atoms with Gasteiger partial charge in [-0.15, -0.1) is 0 Å². The molecule has 0 aromatic heterocycles. The third-order valence-electron chi connectivity index (χ3n) is 14.6. The first-order chi connectivity index (χ1) is 28.7. The van der Waals surface area contributed by atoms with Gasteiger partial charge in [-0.1, -0.05) is 61.4 Å². The van der Waals surface area contributed by atoms with E-state index in [0.29, 0.717) is 42.2 Å². The number of fused-ring (bicyclic) bond motifs is 8. The molecule has 9 atom stereocenters. The number of rotatable bonds is 7. The number of aliphatic hydroxyl groups is 2. The smallest absolute Gasteiger partial charge is 0.250 e. The molecule has 2 amide bonds. The van der Waals surface area contributed by atoms with Gasteiger partial charge >= 0.3 is 0 Å². The molecule has 0 aliphatic carbocycles. The monoisotopic (exact) mass is 798 g/mol. The molecule has 4 fully saturated rings. The van der Waals surface area contributed by atoms with E-state index in [2.05, 4.69) is 20.4 Å². The molecular formula is C47H50N4O8. The van der Waals surface area contributed by atoms with Gasteiger partial charge in [0.1, 0.15) is 11.1 Å². The number of phenols is 2. The second-order valence-corrected chi connectivity index (χ2v) is 17.0. The number of hydrogen-bond acceptors (Lipinski definition) is 10. The molecule has 0 saturated carbocycles. The average molecular weight is 799 g/mol. The first-order valence-corrected chi connectivity index (χ1v) is 20.8. The molecule has 0 bridgehead atoms. The number of carbonyl (C=O) groups is 2. The van der Waals surface area contributed by atoms with Gasteiger partial charge in [-0.05, 0) is 92.4 Å². The van der Waals surface area contributed by atoms with Gasteiger partial charge in [-0.2, -0.15) is 0 Å². The van der Waals surface area contributed by atoms with E-state index in [1.165, 1.54) is 20.3 Å². The van der Waals surface area contributed by atoms with Crippen LogP contribution in [0.4, 0.5) is 11.4 Å². The predicted molar refractivity (Wildman–Crippen MR) is 221 cm³/mol. The molecule has 6 heterocycles. The van der Waals surface area contributed by atoms with Gasteiger partial charge in [0, 0.05) is 52.3 Å². The van der Waals surface area contributed by atoms with Crippen LogP contribution < -0.4 is 20.1 Å². The summed E-state index contributed by atoms with van der Waals surface area (Å²) in [6.45, 7) is 1.25. The Balaban J connectivity index is 1.17. The summed E-state index contributed by atoms with van der Waals surface area (Å²) in [5.41, 5.74) is 1.92. The van der Waals surface area contributed by atoms with Gasteiger partial charge in [0.25, 0.3) is 0 Å². The van der Waals surface area contributed by atoms with Crippen LogP contribution in [0.3, 0.4) is 0 Å². The van der Waals surface area contributed by atoms with Crippen molar-refractivity contribution in [2.75, 3.05) is 37.9 Å². The molecule has 0 radical (unpaired) electrons. The van der Waals surface area contributed by atoms with Crippen LogP contribution >= 0.6 is 0 Å². The van der Waals surface area contributed by atoms with Gasteiger partial charge in [0.05, 0.1) is 32.0 Å². The van der Waals surface area contributed by atoms with Crippen LogP contribution in [0, 0.1) is 11.8 Å². The number of hydrogen-bond donors (Lipinski definition) is 6. The van der Waals surface area contributed by atoms with Crippen LogP contribution in [-0.2, 0) is 20.7 Å². The normalized spacial score (nSPS) is 31.7. The van der Waals surface area contributed by atoms with Crippen molar-refractivity contribution in [3.05, 3.63) is 119 Å². The zero-order valence-corrected chi connectivity index (χ0v) is 33.2. The summed E-state index contributed by atoms with van der Waals surface area (Å²) in [5.74, 6) is -2.64. The molecule has 12 heteroatoms. The minimum atomic E-state index is -1.32. The molecular weight excluding hydrogens is 749 g/mol. The number of aliphatic hydroxyl groups excluding tert-OH is 2. The number of benzene rings is 4. The number of phenolic OH excluding ortho intramolecular Hbond substituents is 2. The molecule has 6 N–H and O–H groups in total. The van der Waals surface area contributed by atoms with E-state index >= 15 is 0 Å². The molecule has 10 rings (SSSR count). The van der Waals surface area contributed by atoms with E-state index in [0.717, 1.165) is 48.8 Å². The minimum Gasteiger partial charge on any atom is -0.512 e. The number of aromatic hydroxyl groups is 2. The van der Waals surface area contributed by atoms with Crippen molar-refractivity contribution >= 4 is 23.2 Å². The lowest BCUT2D eigenvalue weighted by Crippen LogP contribution is -2.54. The van der Waals surface area contributed by atoms with Crippen molar-refractivity contribution in [3.8, 4) is 23.0 Å². The molecule has 4 aromatic carbocycles. The van der Waals surface area contributed by atoms with Crippen molar-refractivity contribution in [3.63, 3.8) is 0 Å². The largest absolute Gasteiger partial charge is 0.512 e. The van der Waals surface area contributed by atoms with E-state index in [4.69, 9.17) is 9.47 Å². The van der Waals surface area contributed by atoms with Crippen LogP contribution in [0.15, 0.2) is 96.8 Å². The Morgan fingerprint density at radius 1 is 0.729 bits per heavy atom. The Hall–Kier alpha value is -5.56. The number of piperidine rings is 2. The van der Waals surface area contributed by atoms with Crippen molar-refractivity contribution < 1.29 is 39.5 Å². The van der Waals surface area contributed by atoms with Crippen molar-refractivity contribution in [2.45, 2.75) is 79.6 Å². The molecule has 9 unspecified atom stereocenters. The van der Waals surface area contributed by atoms with E-state index in [-0.39, 0.29) is 46.9 Å². The minimum absolute atomic E-state index is 0.0391. The van der Waals surface area contributed by atoms with Crippen LogP contribution in [0.25, 0.3) is 0 Å². The van der Waals surface area contributed by atoms with Crippen LogP contribution in [0.5, 0.6) is 23.0 Å². The highest BCUT2D eigenvalue weighted by molar-refractivity contribution is 6.08. The highest BCUT2D eigenvalue weighted by Gasteiger charge is 2.70. The summed E-state index contributed by atoms with van der Waals surface area (Å²) in [6.07, 6.45) is 5.30. The first kappa shape index (κ1) is 37.7. The van der Waals surface area contributed by atoms with E-state index < -0.39 is 40.9 Å². The quantitative estimate of drug-likeness (QED) is 0.115. The maximum atomic E-state index is 14.8. The summed E-state index contributed by atoms with van der Waals surface area (Å²) >= 11 is 0.